The van der Waals surface area contributed by atoms with Gasteiger partial charge in [0.25, 0.3) is 5.91 Å². The van der Waals surface area contributed by atoms with Crippen LogP contribution in [-0.2, 0) is 25.7 Å². The van der Waals surface area contributed by atoms with Crippen molar-refractivity contribution < 1.29 is 28.3 Å². The van der Waals surface area contributed by atoms with Gasteiger partial charge in [0, 0.05) is 0 Å². The number of aryl methyl sites for hydroxylation is 1. The van der Waals surface area contributed by atoms with Crippen LogP contribution in [0.15, 0.2) is 48.5 Å². The van der Waals surface area contributed by atoms with Crippen molar-refractivity contribution in [3.05, 3.63) is 65.2 Å². The molecule has 0 aromatic heterocycles. The molecule has 1 aliphatic rings. The number of nitrogens with one attached hydrogen (secondary N) is 1. The Labute approximate surface area is 208 Å². The summed E-state index contributed by atoms with van der Waals surface area (Å²) in [5.74, 6) is -1.03. The molecule has 1 fully saturated rings. The van der Waals surface area contributed by atoms with Crippen LogP contribution in [0.25, 0.3) is 0 Å². The monoisotopic (exact) mass is 481 g/mol. The molecule has 7 heteroatoms. The van der Waals surface area contributed by atoms with E-state index in [1.165, 1.54) is 13.5 Å². The third-order valence-electron chi connectivity index (χ3n) is 7.02. The van der Waals surface area contributed by atoms with Gasteiger partial charge in [-0.05, 0) is 56.7 Å². The lowest BCUT2D eigenvalue weighted by Gasteiger charge is -2.43. The molecule has 2 aromatic carbocycles. The molecule has 1 N–H and O–H groups in total. The number of hydrogen-bond donors (Lipinski definition) is 1. The highest BCUT2D eigenvalue weighted by molar-refractivity contribution is 6.03. The number of ether oxygens (including phenoxy) is 2. The first-order chi connectivity index (χ1) is 16.9. The van der Waals surface area contributed by atoms with Crippen LogP contribution in [0.3, 0.4) is 0 Å². The fourth-order valence-electron chi connectivity index (χ4n) is 4.81. The summed E-state index contributed by atoms with van der Waals surface area (Å²) in [6.07, 6.45) is 5.23. The number of carbonyl (C=O) groups excluding carboxylic acids is 3. The second kappa shape index (κ2) is 12.5. The summed E-state index contributed by atoms with van der Waals surface area (Å²) in [6, 6.07) is 14.3. The number of rotatable bonds is 8. The standard InChI is InChI=1S/C28H36N2O5/c1-21-13-12-16-24(28(33)34-3)26(21)29-27(32)22(2)30(17-10-5-4-6-11-18-30)19-25(31)35-20-23-14-8-7-9-15-23/h7-9,12-16,22H,4-6,10-11,17-20H2,1-3H3/p+1. The minimum Gasteiger partial charge on any atom is -0.465 e. The second-order valence-electron chi connectivity index (χ2n) is 9.39. The van der Waals surface area contributed by atoms with Crippen molar-refractivity contribution in [2.24, 2.45) is 0 Å². The number of benzene rings is 2. The van der Waals surface area contributed by atoms with E-state index in [4.69, 9.17) is 9.47 Å². The van der Waals surface area contributed by atoms with Crippen LogP contribution in [0.1, 0.15) is 60.5 Å². The summed E-state index contributed by atoms with van der Waals surface area (Å²) < 4.78 is 10.9. The molecule has 2 aromatic rings. The van der Waals surface area contributed by atoms with Gasteiger partial charge >= 0.3 is 11.9 Å². The number of para-hydroxylation sites is 1. The predicted molar refractivity (Wildman–Crippen MR) is 135 cm³/mol. The van der Waals surface area contributed by atoms with Crippen LogP contribution in [-0.4, -0.2) is 55.1 Å². The number of nitrogens with zero attached hydrogens (tertiary/aromatic N) is 1. The Kier molecular flexibility index (Phi) is 9.43. The maximum absolute atomic E-state index is 13.6. The van der Waals surface area contributed by atoms with Crippen molar-refractivity contribution in [2.75, 3.05) is 32.1 Å². The second-order valence-corrected chi connectivity index (χ2v) is 9.39. The number of likely N-dealkylation sites (tertiary alicyclic amines) is 1. The Bertz CT molecular complexity index is 1010. The highest BCUT2D eigenvalue weighted by atomic mass is 16.5. The molecule has 1 amide bonds. The fraction of sp³-hybridized carbons (Fsp3) is 0.464. The third kappa shape index (κ3) is 6.92. The maximum atomic E-state index is 13.6. The van der Waals surface area contributed by atoms with Gasteiger partial charge in [0.1, 0.15) is 6.61 Å². The van der Waals surface area contributed by atoms with Gasteiger partial charge < -0.3 is 19.3 Å². The Morgan fingerprint density at radius 1 is 0.943 bits per heavy atom. The van der Waals surface area contributed by atoms with Gasteiger partial charge in [-0.2, -0.15) is 0 Å². The molecule has 0 saturated carbocycles. The fourth-order valence-corrected chi connectivity index (χ4v) is 4.81. The smallest absolute Gasteiger partial charge is 0.362 e. The average Bonchev–Trinajstić information content (AvgIpc) is 2.85. The number of amides is 1. The molecule has 1 saturated heterocycles. The molecule has 0 radical (unpaired) electrons. The van der Waals surface area contributed by atoms with Gasteiger partial charge in [0.2, 0.25) is 0 Å². The van der Waals surface area contributed by atoms with Crippen LogP contribution in [0.4, 0.5) is 5.69 Å². The normalized spacial score (nSPS) is 16.3. The number of esters is 2. The summed E-state index contributed by atoms with van der Waals surface area (Å²) in [7, 11) is 1.32. The van der Waals surface area contributed by atoms with E-state index in [9.17, 15) is 14.4 Å². The van der Waals surface area contributed by atoms with E-state index < -0.39 is 12.0 Å². The van der Waals surface area contributed by atoms with E-state index in [0.717, 1.165) is 49.9 Å². The van der Waals surface area contributed by atoms with E-state index in [-0.39, 0.29) is 25.0 Å². The molecule has 0 aliphatic carbocycles. The van der Waals surface area contributed by atoms with Gasteiger partial charge in [-0.1, -0.05) is 48.9 Å². The average molecular weight is 482 g/mol. The number of anilines is 1. The lowest BCUT2D eigenvalue weighted by Crippen LogP contribution is -2.62. The van der Waals surface area contributed by atoms with Crippen LogP contribution in [0.2, 0.25) is 0 Å². The quantitative estimate of drug-likeness (QED) is 0.439. The van der Waals surface area contributed by atoms with E-state index in [1.807, 2.05) is 50.2 Å². The molecule has 188 valence electrons. The molecule has 1 atom stereocenters. The summed E-state index contributed by atoms with van der Waals surface area (Å²) in [6.45, 7) is 5.52. The zero-order chi connectivity index (χ0) is 25.3. The predicted octanol–water partition coefficient (Wildman–Crippen LogP) is 4.63. The molecule has 1 heterocycles. The van der Waals surface area contributed by atoms with Crippen molar-refractivity contribution in [1.29, 1.82) is 0 Å². The van der Waals surface area contributed by atoms with E-state index in [1.54, 1.807) is 12.1 Å². The maximum Gasteiger partial charge on any atom is 0.362 e. The van der Waals surface area contributed by atoms with Crippen molar-refractivity contribution in [3.8, 4) is 0 Å². The van der Waals surface area contributed by atoms with Crippen LogP contribution in [0, 0.1) is 6.92 Å². The topological polar surface area (TPSA) is 81.7 Å². The van der Waals surface area contributed by atoms with Gasteiger partial charge in [-0.3, -0.25) is 4.79 Å². The Hall–Kier alpha value is -3.19. The van der Waals surface area contributed by atoms with Crippen LogP contribution >= 0.6 is 0 Å². The Morgan fingerprint density at radius 3 is 2.26 bits per heavy atom. The van der Waals surface area contributed by atoms with Crippen molar-refractivity contribution in [2.45, 2.75) is 58.6 Å². The van der Waals surface area contributed by atoms with Crippen molar-refractivity contribution >= 4 is 23.5 Å². The number of hydrogen-bond acceptors (Lipinski definition) is 5. The SMILES string of the molecule is COC(=O)c1cccc(C)c1NC(=O)C(C)[N+]1(CC(=O)OCc2ccccc2)CCCCCCC1. The number of carbonyl (C=O) groups is 3. The summed E-state index contributed by atoms with van der Waals surface area (Å²) >= 11 is 0. The van der Waals surface area contributed by atoms with Crippen LogP contribution < -0.4 is 5.32 Å². The first-order valence-electron chi connectivity index (χ1n) is 12.4. The highest BCUT2D eigenvalue weighted by Crippen LogP contribution is 2.26. The molecule has 1 aliphatic heterocycles. The largest absolute Gasteiger partial charge is 0.465 e. The highest BCUT2D eigenvalue weighted by Gasteiger charge is 2.41. The van der Waals surface area contributed by atoms with E-state index >= 15 is 0 Å². The molecule has 7 nitrogen and oxygen atoms in total. The van der Waals surface area contributed by atoms with E-state index in [2.05, 4.69) is 5.32 Å². The summed E-state index contributed by atoms with van der Waals surface area (Å²) in [4.78, 5) is 38.8. The number of methoxy groups -OCH3 is 1. The third-order valence-corrected chi connectivity index (χ3v) is 7.02. The lowest BCUT2D eigenvalue weighted by molar-refractivity contribution is -0.935. The summed E-state index contributed by atoms with van der Waals surface area (Å²) in [5.41, 5.74) is 2.47. The first-order valence-corrected chi connectivity index (χ1v) is 12.4. The minimum atomic E-state index is -0.503. The van der Waals surface area contributed by atoms with Gasteiger partial charge in [0.05, 0.1) is 31.5 Å². The number of quaternary nitrogens is 1. The molecule has 0 bridgehead atoms. The van der Waals surface area contributed by atoms with E-state index in [0.29, 0.717) is 15.7 Å². The van der Waals surface area contributed by atoms with Gasteiger partial charge in [-0.15, -0.1) is 0 Å². The zero-order valence-electron chi connectivity index (χ0n) is 21.0. The molecule has 3 rings (SSSR count). The Balaban J connectivity index is 1.80. The molecular weight excluding hydrogens is 444 g/mol. The Morgan fingerprint density at radius 2 is 1.60 bits per heavy atom. The zero-order valence-corrected chi connectivity index (χ0v) is 21.0. The van der Waals surface area contributed by atoms with Gasteiger partial charge in [0.15, 0.2) is 12.6 Å². The first kappa shape index (κ1) is 26.4. The van der Waals surface area contributed by atoms with Gasteiger partial charge in [-0.25, -0.2) is 9.59 Å². The molecule has 35 heavy (non-hydrogen) atoms. The molecule has 0 spiro atoms. The van der Waals surface area contributed by atoms with Crippen molar-refractivity contribution in [1.82, 2.24) is 0 Å². The van der Waals surface area contributed by atoms with Crippen LogP contribution in [0.5, 0.6) is 0 Å². The molecule has 1 unspecified atom stereocenters. The summed E-state index contributed by atoms with van der Waals surface area (Å²) in [5, 5.41) is 2.98. The van der Waals surface area contributed by atoms with Crippen molar-refractivity contribution in [3.63, 3.8) is 0 Å². The lowest BCUT2D eigenvalue weighted by atomic mass is 10.0. The minimum absolute atomic E-state index is 0.138. The molecular formula is C28H37N2O5+.